The maximum Gasteiger partial charge on any atom is 0.257 e. The number of guanidine groups is 1. The number of benzene rings is 1. The van der Waals surface area contributed by atoms with Crippen molar-refractivity contribution in [2.24, 2.45) is 4.99 Å². The third-order valence-electron chi connectivity index (χ3n) is 3.31. The molecule has 1 fully saturated rings. The van der Waals surface area contributed by atoms with Crippen molar-refractivity contribution in [1.82, 2.24) is 10.6 Å². The highest BCUT2D eigenvalue weighted by molar-refractivity contribution is 6.30. The topological polar surface area (TPSA) is 53.5 Å². The Labute approximate surface area is 118 Å². The van der Waals surface area contributed by atoms with Gasteiger partial charge in [0.25, 0.3) is 5.91 Å². The SMILES string of the molecule is CCCN=C1NC(=O)C(CC)(c2ccc(Cl)cc2)N1. The first-order valence-electron chi connectivity index (χ1n) is 6.52. The van der Waals surface area contributed by atoms with Gasteiger partial charge in [0.15, 0.2) is 5.96 Å². The molecule has 1 saturated heterocycles. The summed E-state index contributed by atoms with van der Waals surface area (Å²) >= 11 is 5.90. The molecule has 1 aliphatic heterocycles. The second-order valence-electron chi connectivity index (χ2n) is 4.58. The second-order valence-corrected chi connectivity index (χ2v) is 5.01. The molecule has 1 heterocycles. The van der Waals surface area contributed by atoms with Crippen molar-refractivity contribution < 1.29 is 4.79 Å². The zero-order valence-electron chi connectivity index (χ0n) is 11.2. The van der Waals surface area contributed by atoms with Gasteiger partial charge in [-0.15, -0.1) is 0 Å². The highest BCUT2D eigenvalue weighted by Crippen LogP contribution is 2.29. The molecule has 1 aromatic carbocycles. The van der Waals surface area contributed by atoms with E-state index in [4.69, 9.17) is 11.6 Å². The standard InChI is InChI=1S/C14H18ClN3O/c1-3-9-16-13-17-12(19)14(4-2,18-13)10-5-7-11(15)8-6-10/h5-8H,3-4,9H2,1-2H3,(H2,16,17,18,19). The minimum Gasteiger partial charge on any atom is -0.338 e. The van der Waals surface area contributed by atoms with E-state index in [0.29, 0.717) is 23.9 Å². The van der Waals surface area contributed by atoms with Gasteiger partial charge in [-0.2, -0.15) is 0 Å². The molecule has 0 spiro atoms. The third kappa shape index (κ3) is 2.59. The van der Waals surface area contributed by atoms with E-state index in [-0.39, 0.29) is 5.91 Å². The van der Waals surface area contributed by atoms with Crippen LogP contribution in [0.1, 0.15) is 32.3 Å². The van der Waals surface area contributed by atoms with Crippen LogP contribution in [0.4, 0.5) is 0 Å². The largest absolute Gasteiger partial charge is 0.338 e. The molecule has 1 aliphatic rings. The van der Waals surface area contributed by atoms with Crippen LogP contribution in [-0.4, -0.2) is 18.4 Å². The molecule has 0 bridgehead atoms. The van der Waals surface area contributed by atoms with Crippen LogP contribution in [0.5, 0.6) is 0 Å². The summed E-state index contributed by atoms with van der Waals surface area (Å²) in [6.45, 7) is 4.72. The van der Waals surface area contributed by atoms with Crippen LogP contribution in [0.2, 0.25) is 5.02 Å². The van der Waals surface area contributed by atoms with E-state index in [1.54, 1.807) is 12.1 Å². The number of rotatable bonds is 4. The molecule has 19 heavy (non-hydrogen) atoms. The first-order valence-corrected chi connectivity index (χ1v) is 6.90. The Balaban J connectivity index is 2.33. The molecule has 5 heteroatoms. The van der Waals surface area contributed by atoms with Gasteiger partial charge in [-0.05, 0) is 30.5 Å². The van der Waals surface area contributed by atoms with Crippen LogP contribution in [-0.2, 0) is 10.3 Å². The smallest absolute Gasteiger partial charge is 0.257 e. The van der Waals surface area contributed by atoms with E-state index in [1.165, 1.54) is 0 Å². The van der Waals surface area contributed by atoms with E-state index in [2.05, 4.69) is 15.6 Å². The Kier molecular flexibility index (Phi) is 4.10. The predicted molar refractivity (Wildman–Crippen MR) is 77.3 cm³/mol. The van der Waals surface area contributed by atoms with Crippen molar-refractivity contribution >= 4 is 23.5 Å². The lowest BCUT2D eigenvalue weighted by Crippen LogP contribution is -2.43. The Morgan fingerprint density at radius 1 is 1.26 bits per heavy atom. The maximum absolute atomic E-state index is 12.3. The van der Waals surface area contributed by atoms with Gasteiger partial charge in [0.1, 0.15) is 5.54 Å². The van der Waals surface area contributed by atoms with E-state index < -0.39 is 5.54 Å². The average Bonchev–Trinajstić information content (AvgIpc) is 2.74. The quantitative estimate of drug-likeness (QED) is 0.889. The van der Waals surface area contributed by atoms with Crippen molar-refractivity contribution in [3.05, 3.63) is 34.9 Å². The Morgan fingerprint density at radius 3 is 2.53 bits per heavy atom. The number of nitrogens with zero attached hydrogens (tertiary/aromatic N) is 1. The molecular weight excluding hydrogens is 262 g/mol. The minimum atomic E-state index is -0.739. The summed E-state index contributed by atoms with van der Waals surface area (Å²) in [6.07, 6.45) is 1.59. The molecule has 0 radical (unpaired) electrons. The molecule has 2 rings (SSSR count). The predicted octanol–water partition coefficient (Wildman–Crippen LogP) is 2.43. The number of amides is 1. The Morgan fingerprint density at radius 2 is 1.95 bits per heavy atom. The normalized spacial score (nSPS) is 24.4. The summed E-state index contributed by atoms with van der Waals surface area (Å²) < 4.78 is 0. The first-order chi connectivity index (χ1) is 9.12. The monoisotopic (exact) mass is 279 g/mol. The Hall–Kier alpha value is -1.55. The number of carbonyl (C=O) groups excluding carboxylic acids is 1. The number of hydrogen-bond donors (Lipinski definition) is 2. The summed E-state index contributed by atoms with van der Waals surface area (Å²) in [5.74, 6) is 0.496. The number of carbonyl (C=O) groups is 1. The van der Waals surface area contributed by atoms with E-state index in [1.807, 2.05) is 26.0 Å². The van der Waals surface area contributed by atoms with Gasteiger partial charge < -0.3 is 5.32 Å². The third-order valence-corrected chi connectivity index (χ3v) is 3.56. The van der Waals surface area contributed by atoms with Crippen molar-refractivity contribution in [1.29, 1.82) is 0 Å². The lowest BCUT2D eigenvalue weighted by molar-refractivity contribution is -0.124. The van der Waals surface area contributed by atoms with Crippen LogP contribution in [0.3, 0.4) is 0 Å². The summed E-state index contributed by atoms with van der Waals surface area (Å²) in [4.78, 5) is 16.6. The van der Waals surface area contributed by atoms with E-state index >= 15 is 0 Å². The lowest BCUT2D eigenvalue weighted by atomic mass is 9.87. The lowest BCUT2D eigenvalue weighted by Gasteiger charge is -2.25. The van der Waals surface area contributed by atoms with Gasteiger partial charge >= 0.3 is 0 Å². The van der Waals surface area contributed by atoms with Crippen LogP contribution in [0, 0.1) is 0 Å². The van der Waals surface area contributed by atoms with Gasteiger partial charge in [-0.3, -0.25) is 15.1 Å². The highest BCUT2D eigenvalue weighted by Gasteiger charge is 2.44. The second kappa shape index (κ2) is 5.61. The summed E-state index contributed by atoms with van der Waals surface area (Å²) in [6, 6.07) is 7.34. The van der Waals surface area contributed by atoms with Crippen LogP contribution < -0.4 is 10.6 Å². The fourth-order valence-electron chi connectivity index (χ4n) is 2.20. The number of nitrogens with one attached hydrogen (secondary N) is 2. The molecule has 0 aromatic heterocycles. The van der Waals surface area contributed by atoms with Gasteiger partial charge in [0, 0.05) is 11.6 Å². The number of hydrogen-bond acceptors (Lipinski definition) is 2. The van der Waals surface area contributed by atoms with E-state index in [9.17, 15) is 4.79 Å². The summed E-state index contributed by atoms with van der Waals surface area (Å²) in [5.41, 5.74) is 0.163. The first kappa shape index (κ1) is 13.9. The minimum absolute atomic E-state index is 0.0628. The van der Waals surface area contributed by atoms with Crippen molar-refractivity contribution in [3.8, 4) is 0 Å². The van der Waals surface area contributed by atoms with Crippen molar-refractivity contribution in [2.45, 2.75) is 32.2 Å². The molecule has 0 saturated carbocycles. The Bertz CT molecular complexity index is 498. The van der Waals surface area contributed by atoms with Crippen LogP contribution in [0.25, 0.3) is 0 Å². The van der Waals surface area contributed by atoms with Gasteiger partial charge in [-0.1, -0.05) is 37.6 Å². The fourth-order valence-corrected chi connectivity index (χ4v) is 2.32. The molecule has 1 unspecified atom stereocenters. The average molecular weight is 280 g/mol. The van der Waals surface area contributed by atoms with Crippen LogP contribution >= 0.6 is 11.6 Å². The van der Waals surface area contributed by atoms with Gasteiger partial charge in [-0.25, -0.2) is 0 Å². The molecule has 2 N–H and O–H groups in total. The molecule has 1 aromatic rings. The van der Waals surface area contributed by atoms with Crippen molar-refractivity contribution in [3.63, 3.8) is 0 Å². The number of aliphatic imine (C=N–C) groups is 1. The maximum atomic E-state index is 12.3. The van der Waals surface area contributed by atoms with Crippen molar-refractivity contribution in [2.75, 3.05) is 6.54 Å². The summed E-state index contributed by atoms with van der Waals surface area (Å²) in [7, 11) is 0. The molecule has 102 valence electrons. The number of halogens is 1. The summed E-state index contributed by atoms with van der Waals surface area (Å²) in [5, 5.41) is 6.69. The molecule has 1 atom stereocenters. The van der Waals surface area contributed by atoms with E-state index in [0.717, 1.165) is 12.0 Å². The molecule has 1 amide bonds. The molecule has 4 nitrogen and oxygen atoms in total. The van der Waals surface area contributed by atoms with Gasteiger partial charge in [0.2, 0.25) is 0 Å². The zero-order valence-corrected chi connectivity index (χ0v) is 11.9. The fraction of sp³-hybridized carbons (Fsp3) is 0.429. The van der Waals surface area contributed by atoms with Gasteiger partial charge in [0.05, 0.1) is 0 Å². The molecule has 0 aliphatic carbocycles. The highest BCUT2D eigenvalue weighted by atomic mass is 35.5. The van der Waals surface area contributed by atoms with Crippen LogP contribution in [0.15, 0.2) is 29.3 Å². The zero-order chi connectivity index (χ0) is 13.9. The molecular formula is C14H18ClN3O.